The van der Waals surface area contributed by atoms with E-state index >= 15 is 0 Å². The first-order chi connectivity index (χ1) is 14.6. The number of amides is 3. The minimum Gasteiger partial charge on any atom is -0.497 e. The van der Waals surface area contributed by atoms with E-state index in [-0.39, 0.29) is 11.9 Å². The maximum atomic E-state index is 13.0. The van der Waals surface area contributed by atoms with E-state index in [1.54, 1.807) is 30.2 Å². The molecule has 0 saturated carbocycles. The van der Waals surface area contributed by atoms with Gasteiger partial charge in [-0.1, -0.05) is 42.5 Å². The number of methoxy groups -OCH3 is 1. The maximum Gasteiger partial charge on any atom is 0.322 e. The van der Waals surface area contributed by atoms with E-state index in [0.29, 0.717) is 44.2 Å². The molecule has 0 aliphatic carbocycles. The monoisotopic (exact) mass is 408 g/mol. The number of hydrogen-bond acceptors (Lipinski definition) is 4. The van der Waals surface area contributed by atoms with Gasteiger partial charge in [0.25, 0.3) is 0 Å². The average molecular weight is 409 g/mol. The van der Waals surface area contributed by atoms with Gasteiger partial charge in [-0.3, -0.25) is 9.69 Å². The number of anilines is 1. The summed E-state index contributed by atoms with van der Waals surface area (Å²) in [6, 6.07) is 16.0. The van der Waals surface area contributed by atoms with E-state index in [0.717, 1.165) is 5.56 Å². The number of ether oxygens (including phenoxy) is 1. The zero-order chi connectivity index (χ0) is 21.3. The topological polar surface area (TPSA) is 73.9 Å². The van der Waals surface area contributed by atoms with Crippen LogP contribution in [-0.2, 0) is 11.3 Å². The summed E-state index contributed by atoms with van der Waals surface area (Å²) in [4.78, 5) is 29.7. The van der Waals surface area contributed by atoms with E-state index < -0.39 is 6.04 Å². The first-order valence-electron chi connectivity index (χ1n) is 9.97. The molecule has 7 nitrogen and oxygen atoms in total. The molecule has 7 heteroatoms. The van der Waals surface area contributed by atoms with Gasteiger partial charge in [0.05, 0.1) is 7.11 Å². The summed E-state index contributed by atoms with van der Waals surface area (Å²) in [6.45, 7) is 6.46. The molecule has 1 aliphatic rings. The number of piperazine rings is 1. The van der Waals surface area contributed by atoms with Gasteiger partial charge in [0.2, 0.25) is 5.91 Å². The molecule has 1 saturated heterocycles. The largest absolute Gasteiger partial charge is 0.497 e. The molecule has 2 aromatic carbocycles. The first kappa shape index (κ1) is 21.4. The molecule has 158 valence electrons. The Kier molecular flexibility index (Phi) is 7.45. The minimum atomic E-state index is -0.590. The number of urea groups is 1. The van der Waals surface area contributed by atoms with Gasteiger partial charge in [-0.05, 0) is 17.7 Å². The molecule has 2 N–H and O–H groups in total. The lowest BCUT2D eigenvalue weighted by Crippen LogP contribution is -2.61. The van der Waals surface area contributed by atoms with Crippen LogP contribution in [-0.4, -0.2) is 61.1 Å². The fourth-order valence-corrected chi connectivity index (χ4v) is 3.45. The molecule has 0 spiro atoms. The number of hydrogen-bond donors (Lipinski definition) is 2. The van der Waals surface area contributed by atoms with E-state index in [2.05, 4.69) is 22.1 Å². The molecule has 2 aromatic rings. The lowest BCUT2D eigenvalue weighted by molar-refractivity contribution is -0.127. The third-order valence-electron chi connectivity index (χ3n) is 5.05. The molecule has 1 heterocycles. The van der Waals surface area contributed by atoms with Crippen LogP contribution in [0.5, 0.6) is 5.75 Å². The molecule has 30 heavy (non-hydrogen) atoms. The molecule has 1 atom stereocenters. The summed E-state index contributed by atoms with van der Waals surface area (Å²) in [5, 5.41) is 5.85. The van der Waals surface area contributed by atoms with Crippen molar-refractivity contribution in [3.05, 3.63) is 72.8 Å². The fourth-order valence-electron chi connectivity index (χ4n) is 3.45. The van der Waals surface area contributed by atoms with Crippen molar-refractivity contribution in [3.63, 3.8) is 0 Å². The molecular weight excluding hydrogens is 380 g/mol. The van der Waals surface area contributed by atoms with E-state index in [1.807, 2.05) is 42.5 Å². The van der Waals surface area contributed by atoms with Crippen LogP contribution in [0.3, 0.4) is 0 Å². The standard InChI is InChI=1S/C23H28N4O3/c1-3-12-26-13-14-27(23(29)25-19-10-7-11-20(15-19)30-2)21(17-26)22(28)24-16-18-8-5-4-6-9-18/h3-11,15,21H,1,12-14,16-17H2,2H3,(H,24,28)(H,25,29). The van der Waals surface area contributed by atoms with Gasteiger partial charge in [-0.15, -0.1) is 6.58 Å². The van der Waals surface area contributed by atoms with E-state index in [4.69, 9.17) is 4.74 Å². The van der Waals surface area contributed by atoms with Crippen molar-refractivity contribution in [1.29, 1.82) is 0 Å². The predicted octanol–water partition coefficient (Wildman–Crippen LogP) is 2.72. The fraction of sp³-hybridized carbons (Fsp3) is 0.304. The Balaban J connectivity index is 1.70. The summed E-state index contributed by atoms with van der Waals surface area (Å²) in [7, 11) is 1.58. The van der Waals surface area contributed by atoms with E-state index in [9.17, 15) is 9.59 Å². The number of nitrogens with one attached hydrogen (secondary N) is 2. The third kappa shape index (κ3) is 5.61. The van der Waals surface area contributed by atoms with Crippen molar-refractivity contribution in [1.82, 2.24) is 15.1 Å². The van der Waals surface area contributed by atoms with Gasteiger partial charge in [0.1, 0.15) is 11.8 Å². The van der Waals surface area contributed by atoms with Gasteiger partial charge in [-0.25, -0.2) is 4.79 Å². The van der Waals surface area contributed by atoms with Crippen LogP contribution in [0.25, 0.3) is 0 Å². The molecule has 0 aromatic heterocycles. The highest BCUT2D eigenvalue weighted by molar-refractivity contribution is 5.94. The second kappa shape index (κ2) is 10.5. The zero-order valence-corrected chi connectivity index (χ0v) is 17.2. The highest BCUT2D eigenvalue weighted by atomic mass is 16.5. The Morgan fingerprint density at radius 2 is 1.97 bits per heavy atom. The lowest BCUT2D eigenvalue weighted by Gasteiger charge is -2.40. The Morgan fingerprint density at radius 1 is 1.17 bits per heavy atom. The van der Waals surface area contributed by atoms with Crippen LogP contribution >= 0.6 is 0 Å². The summed E-state index contributed by atoms with van der Waals surface area (Å²) in [6.07, 6.45) is 1.81. The van der Waals surface area contributed by atoms with Crippen LogP contribution in [0.4, 0.5) is 10.5 Å². The van der Waals surface area contributed by atoms with Gasteiger partial charge in [-0.2, -0.15) is 0 Å². The van der Waals surface area contributed by atoms with Crippen molar-refractivity contribution in [3.8, 4) is 5.75 Å². The normalized spacial score (nSPS) is 16.6. The summed E-state index contributed by atoms with van der Waals surface area (Å²) in [5.74, 6) is 0.481. The van der Waals surface area contributed by atoms with Crippen LogP contribution in [0.15, 0.2) is 67.3 Å². The van der Waals surface area contributed by atoms with Gasteiger partial charge in [0.15, 0.2) is 0 Å². The number of nitrogens with zero attached hydrogens (tertiary/aromatic N) is 2. The van der Waals surface area contributed by atoms with Crippen LogP contribution in [0.2, 0.25) is 0 Å². The van der Waals surface area contributed by atoms with Crippen molar-refractivity contribution in [2.24, 2.45) is 0 Å². The Morgan fingerprint density at radius 3 is 2.70 bits per heavy atom. The predicted molar refractivity (Wildman–Crippen MR) is 117 cm³/mol. The smallest absolute Gasteiger partial charge is 0.322 e. The number of rotatable bonds is 7. The van der Waals surface area contributed by atoms with Crippen molar-refractivity contribution in [2.75, 3.05) is 38.6 Å². The second-order valence-electron chi connectivity index (χ2n) is 7.12. The quantitative estimate of drug-likeness (QED) is 0.691. The number of carbonyl (C=O) groups excluding carboxylic acids is 2. The molecule has 1 unspecified atom stereocenters. The third-order valence-corrected chi connectivity index (χ3v) is 5.05. The number of benzene rings is 2. The average Bonchev–Trinajstić information content (AvgIpc) is 2.78. The Labute approximate surface area is 177 Å². The molecular formula is C23H28N4O3. The van der Waals surface area contributed by atoms with Gasteiger partial charge >= 0.3 is 6.03 Å². The minimum absolute atomic E-state index is 0.173. The van der Waals surface area contributed by atoms with Crippen molar-refractivity contribution < 1.29 is 14.3 Å². The second-order valence-corrected chi connectivity index (χ2v) is 7.12. The first-order valence-corrected chi connectivity index (χ1v) is 9.97. The Bertz CT molecular complexity index is 872. The number of carbonyl (C=O) groups is 2. The molecule has 0 radical (unpaired) electrons. The SMILES string of the molecule is C=CCN1CCN(C(=O)Nc2cccc(OC)c2)C(C(=O)NCc2ccccc2)C1. The lowest BCUT2D eigenvalue weighted by atomic mass is 10.1. The highest BCUT2D eigenvalue weighted by Crippen LogP contribution is 2.19. The van der Waals surface area contributed by atoms with Crippen LogP contribution < -0.4 is 15.4 Å². The molecule has 1 aliphatic heterocycles. The molecule has 1 fully saturated rings. The summed E-state index contributed by atoms with van der Waals surface area (Å²) in [5.41, 5.74) is 1.63. The highest BCUT2D eigenvalue weighted by Gasteiger charge is 2.35. The Hall–Kier alpha value is -3.32. The zero-order valence-electron chi connectivity index (χ0n) is 17.2. The molecule has 0 bridgehead atoms. The van der Waals surface area contributed by atoms with Gasteiger partial charge < -0.3 is 20.3 Å². The van der Waals surface area contributed by atoms with Crippen LogP contribution in [0, 0.1) is 0 Å². The van der Waals surface area contributed by atoms with E-state index in [1.165, 1.54) is 0 Å². The van der Waals surface area contributed by atoms with Gasteiger partial charge in [0, 0.05) is 44.5 Å². The summed E-state index contributed by atoms with van der Waals surface area (Å²) >= 11 is 0. The van der Waals surface area contributed by atoms with Crippen molar-refractivity contribution >= 4 is 17.6 Å². The molecule has 3 amide bonds. The maximum absolute atomic E-state index is 13.0. The summed E-state index contributed by atoms with van der Waals surface area (Å²) < 4.78 is 5.21. The molecule has 3 rings (SSSR count). The van der Waals surface area contributed by atoms with Crippen LogP contribution in [0.1, 0.15) is 5.56 Å². The van der Waals surface area contributed by atoms with Crippen molar-refractivity contribution in [2.45, 2.75) is 12.6 Å².